The number of hydrogen-bond acceptors (Lipinski definition) is 6. The van der Waals surface area contributed by atoms with Crippen LogP contribution in [0.4, 0.5) is 20.3 Å². The normalized spacial score (nSPS) is 19.1. The summed E-state index contributed by atoms with van der Waals surface area (Å²) in [7, 11) is -3.80. The van der Waals surface area contributed by atoms with Gasteiger partial charge in [-0.25, -0.2) is 13.4 Å². The molecule has 1 unspecified atom stereocenters. The van der Waals surface area contributed by atoms with Gasteiger partial charge in [-0.3, -0.25) is 4.79 Å². The summed E-state index contributed by atoms with van der Waals surface area (Å²) in [6, 6.07) is 16.0. The van der Waals surface area contributed by atoms with E-state index in [1.54, 1.807) is 40.1 Å². The molecule has 5 rings (SSSR count). The number of alkyl halides is 2. The molecule has 1 atom stereocenters. The van der Waals surface area contributed by atoms with E-state index >= 15 is 8.78 Å². The SMILES string of the molecule is NCC1CCC(=O)N1c1ccc(S(=O)(=O)N2CCN(c3cc(C(F)(F)c4ccccc4)cc(Cl)n3)CC2)cc1. The van der Waals surface area contributed by atoms with E-state index in [4.69, 9.17) is 17.3 Å². The Bertz CT molecular complexity index is 1450. The van der Waals surface area contributed by atoms with Gasteiger partial charge in [0.2, 0.25) is 15.9 Å². The molecule has 0 saturated carbocycles. The minimum absolute atomic E-state index is 0.0310. The predicted molar refractivity (Wildman–Crippen MR) is 146 cm³/mol. The van der Waals surface area contributed by atoms with E-state index in [1.165, 1.54) is 34.6 Å². The third kappa shape index (κ3) is 5.36. The average Bonchev–Trinajstić information content (AvgIpc) is 3.33. The summed E-state index contributed by atoms with van der Waals surface area (Å²) in [4.78, 5) is 20.0. The molecule has 8 nitrogen and oxygen atoms in total. The molecule has 3 heterocycles. The molecule has 2 N–H and O–H groups in total. The summed E-state index contributed by atoms with van der Waals surface area (Å²) in [5.74, 6) is -3.04. The Morgan fingerprint density at radius 2 is 1.64 bits per heavy atom. The number of amides is 1. The first-order valence-electron chi connectivity index (χ1n) is 12.6. The molecular weight excluding hydrogens is 548 g/mol. The maximum Gasteiger partial charge on any atom is 0.298 e. The predicted octanol–water partition coefficient (Wildman–Crippen LogP) is 3.84. The fourth-order valence-electron chi connectivity index (χ4n) is 5.05. The number of piperazine rings is 1. The van der Waals surface area contributed by atoms with E-state index in [0.717, 1.165) is 6.07 Å². The highest BCUT2D eigenvalue weighted by Crippen LogP contribution is 2.38. The lowest BCUT2D eigenvalue weighted by Crippen LogP contribution is -2.49. The van der Waals surface area contributed by atoms with Gasteiger partial charge < -0.3 is 15.5 Å². The number of rotatable bonds is 7. The van der Waals surface area contributed by atoms with Gasteiger partial charge in [-0.1, -0.05) is 41.9 Å². The number of halogens is 3. The van der Waals surface area contributed by atoms with Crippen LogP contribution in [0.5, 0.6) is 0 Å². The van der Waals surface area contributed by atoms with Gasteiger partial charge in [-0.05, 0) is 42.8 Å². The summed E-state index contributed by atoms with van der Waals surface area (Å²) in [5, 5.41) is -0.0680. The van der Waals surface area contributed by atoms with Gasteiger partial charge >= 0.3 is 0 Å². The molecule has 0 bridgehead atoms. The van der Waals surface area contributed by atoms with Crippen LogP contribution in [0.3, 0.4) is 0 Å². The molecule has 0 aliphatic carbocycles. The third-order valence-corrected chi connectivity index (χ3v) is 9.30. The van der Waals surface area contributed by atoms with Crippen molar-refractivity contribution >= 4 is 39.0 Å². The first-order valence-corrected chi connectivity index (χ1v) is 14.4. The lowest BCUT2D eigenvalue weighted by molar-refractivity contribution is -0.117. The molecule has 12 heteroatoms. The van der Waals surface area contributed by atoms with Crippen LogP contribution in [-0.4, -0.2) is 62.4 Å². The number of nitrogens with two attached hydrogens (primary N) is 1. The second-order valence-corrected chi connectivity index (χ2v) is 11.9. The van der Waals surface area contributed by atoms with Gasteiger partial charge in [-0.2, -0.15) is 13.1 Å². The zero-order valence-corrected chi connectivity index (χ0v) is 22.6. The van der Waals surface area contributed by atoms with E-state index in [-0.39, 0.29) is 65.1 Å². The number of anilines is 2. The van der Waals surface area contributed by atoms with E-state index in [2.05, 4.69) is 4.98 Å². The topological polar surface area (TPSA) is 99.8 Å². The standard InChI is InChI=1S/C27H28ClF2N5O3S/c28-24-16-20(27(29,30)19-4-2-1-3-5-19)17-25(32-24)33-12-14-34(15-13-33)39(37,38)23-9-6-21(7-10-23)35-22(18-31)8-11-26(35)36/h1-7,9-10,16-17,22H,8,11-15,18,31H2. The molecule has 2 saturated heterocycles. The average molecular weight is 576 g/mol. The largest absolute Gasteiger partial charge is 0.354 e. The van der Waals surface area contributed by atoms with Crippen LogP contribution < -0.4 is 15.5 Å². The second kappa shape index (κ2) is 10.8. The maximum atomic E-state index is 15.2. The number of nitrogens with zero attached hydrogens (tertiary/aromatic N) is 4. The summed E-state index contributed by atoms with van der Waals surface area (Å²) in [5.41, 5.74) is 5.96. The highest BCUT2D eigenvalue weighted by Gasteiger charge is 2.36. The smallest absolute Gasteiger partial charge is 0.298 e. The fourth-order valence-corrected chi connectivity index (χ4v) is 6.67. The Kier molecular flexibility index (Phi) is 7.60. The van der Waals surface area contributed by atoms with Gasteiger partial charge in [0.25, 0.3) is 5.92 Å². The molecule has 2 aliphatic heterocycles. The van der Waals surface area contributed by atoms with Crippen molar-refractivity contribution < 1.29 is 22.0 Å². The minimum atomic E-state index is -3.80. The van der Waals surface area contributed by atoms with Gasteiger partial charge in [-0.15, -0.1) is 0 Å². The van der Waals surface area contributed by atoms with Crippen LogP contribution in [0.1, 0.15) is 24.0 Å². The van der Waals surface area contributed by atoms with Gasteiger partial charge in [0, 0.05) is 62.0 Å². The molecule has 206 valence electrons. The van der Waals surface area contributed by atoms with Crippen LogP contribution in [0.15, 0.2) is 71.6 Å². The van der Waals surface area contributed by atoms with Crippen LogP contribution >= 0.6 is 11.6 Å². The molecule has 1 aromatic heterocycles. The van der Waals surface area contributed by atoms with Gasteiger partial charge in [0.05, 0.1) is 4.90 Å². The third-order valence-electron chi connectivity index (χ3n) is 7.19. The van der Waals surface area contributed by atoms with Crippen molar-refractivity contribution in [3.63, 3.8) is 0 Å². The highest BCUT2D eigenvalue weighted by molar-refractivity contribution is 7.89. The van der Waals surface area contributed by atoms with Crippen LogP contribution in [0.25, 0.3) is 0 Å². The molecule has 1 amide bonds. The van der Waals surface area contributed by atoms with Crippen molar-refractivity contribution in [3.05, 3.63) is 83.0 Å². The van der Waals surface area contributed by atoms with Crippen LogP contribution in [-0.2, 0) is 20.7 Å². The number of benzene rings is 2. The Hall–Kier alpha value is -3.12. The van der Waals surface area contributed by atoms with E-state index in [9.17, 15) is 13.2 Å². The Morgan fingerprint density at radius 1 is 0.974 bits per heavy atom. The second-order valence-electron chi connectivity index (χ2n) is 9.55. The van der Waals surface area contributed by atoms with Crippen LogP contribution in [0, 0.1) is 0 Å². The summed E-state index contributed by atoms with van der Waals surface area (Å²) >= 11 is 6.12. The number of carbonyl (C=O) groups is 1. The minimum Gasteiger partial charge on any atom is -0.354 e. The number of sulfonamides is 1. The van der Waals surface area contributed by atoms with Crippen molar-refractivity contribution in [2.24, 2.45) is 5.73 Å². The molecular formula is C27H28ClF2N5O3S. The maximum absolute atomic E-state index is 15.2. The van der Waals surface area contributed by atoms with E-state index in [0.29, 0.717) is 25.1 Å². The summed E-state index contributed by atoms with van der Waals surface area (Å²) in [6.07, 6.45) is 1.09. The quantitative estimate of drug-likeness (QED) is 0.430. The van der Waals surface area contributed by atoms with E-state index < -0.39 is 15.9 Å². The summed E-state index contributed by atoms with van der Waals surface area (Å²) < 4.78 is 58.4. The first-order chi connectivity index (χ1) is 18.6. The van der Waals surface area contributed by atoms with Gasteiger partial charge in [0.15, 0.2) is 0 Å². The Morgan fingerprint density at radius 3 is 2.28 bits per heavy atom. The zero-order valence-electron chi connectivity index (χ0n) is 21.0. The lowest BCUT2D eigenvalue weighted by atomic mass is 10.0. The molecule has 2 fully saturated rings. The highest BCUT2D eigenvalue weighted by atomic mass is 35.5. The molecule has 2 aliphatic rings. The molecule has 39 heavy (non-hydrogen) atoms. The van der Waals surface area contributed by atoms with Crippen molar-refractivity contribution in [1.82, 2.24) is 9.29 Å². The van der Waals surface area contributed by atoms with Crippen LogP contribution in [0.2, 0.25) is 5.15 Å². The molecule has 2 aromatic carbocycles. The number of aromatic nitrogens is 1. The van der Waals surface area contributed by atoms with Crippen molar-refractivity contribution in [3.8, 4) is 0 Å². The Balaban J connectivity index is 1.29. The Labute approximate surface area is 231 Å². The molecule has 3 aromatic rings. The zero-order chi connectivity index (χ0) is 27.8. The fraction of sp³-hybridized carbons (Fsp3) is 0.333. The molecule has 0 spiro atoms. The van der Waals surface area contributed by atoms with Crippen molar-refractivity contribution in [2.45, 2.75) is 29.7 Å². The number of carbonyl (C=O) groups excluding carboxylic acids is 1. The molecule has 0 radical (unpaired) electrons. The van der Waals surface area contributed by atoms with Gasteiger partial charge in [0.1, 0.15) is 11.0 Å². The van der Waals surface area contributed by atoms with E-state index in [1.807, 2.05) is 0 Å². The number of hydrogen-bond donors (Lipinski definition) is 1. The first kappa shape index (κ1) is 27.4. The lowest BCUT2D eigenvalue weighted by Gasteiger charge is -2.35. The number of pyridine rings is 1. The summed E-state index contributed by atoms with van der Waals surface area (Å²) in [6.45, 7) is 1.12. The van der Waals surface area contributed by atoms with Crippen molar-refractivity contribution in [1.29, 1.82) is 0 Å². The monoisotopic (exact) mass is 575 g/mol. The van der Waals surface area contributed by atoms with Crippen molar-refractivity contribution in [2.75, 3.05) is 42.5 Å².